The molecule has 0 amide bonds. The van der Waals surface area contributed by atoms with Crippen LogP contribution in [0.15, 0.2) is 180 Å². The number of aromatic carboxylic acids is 2. The molecule has 7 heteroatoms. The van der Waals surface area contributed by atoms with Gasteiger partial charge in [0.2, 0.25) is 0 Å². The zero-order chi connectivity index (χ0) is 32.4. The Kier molecular flexibility index (Phi) is 10.8. The zero-order valence-corrected chi connectivity index (χ0v) is 26.5. The molecule has 5 nitrogen and oxygen atoms in total. The van der Waals surface area contributed by atoms with E-state index in [4.69, 9.17) is 5.11 Å². The molecule has 46 heavy (non-hydrogen) atoms. The van der Waals surface area contributed by atoms with Crippen molar-refractivity contribution in [1.82, 2.24) is 0 Å². The Hall–Kier alpha value is -5.00. The highest BCUT2D eigenvalue weighted by atomic mass is 32.2. The average Bonchev–Trinajstić information content (AvgIpc) is 3.12. The SMILES string of the molecule is O=C([O-])c1ccc([S+]([O-])c2ccc(C(=O)O)cc2)cc1.c1ccc(C[P+](c2ccccc2)(c2ccccc2)c2ccccc2)cc1. The van der Waals surface area contributed by atoms with E-state index >= 15 is 0 Å². The van der Waals surface area contributed by atoms with Crippen LogP contribution < -0.4 is 21.0 Å². The Morgan fingerprint density at radius 3 is 1.22 bits per heavy atom. The number of carboxylic acid groups (broad SMARTS) is 2. The van der Waals surface area contributed by atoms with Gasteiger partial charge in [0.15, 0.2) is 9.79 Å². The summed E-state index contributed by atoms with van der Waals surface area (Å²) >= 11 is -1.50. The van der Waals surface area contributed by atoms with Gasteiger partial charge < -0.3 is 19.6 Å². The maximum absolute atomic E-state index is 12.2. The zero-order valence-electron chi connectivity index (χ0n) is 24.8. The number of hydrogen-bond donors (Lipinski definition) is 1. The summed E-state index contributed by atoms with van der Waals surface area (Å²) < 4.78 is 12.2. The number of carbonyl (C=O) groups is 2. The number of hydrogen-bond acceptors (Lipinski definition) is 4. The Morgan fingerprint density at radius 1 is 0.522 bits per heavy atom. The Labute approximate surface area is 272 Å². The van der Waals surface area contributed by atoms with Crippen molar-refractivity contribution in [2.75, 3.05) is 0 Å². The van der Waals surface area contributed by atoms with Gasteiger partial charge in [-0.15, -0.1) is 0 Å². The second kappa shape index (κ2) is 15.3. The third-order valence-corrected chi connectivity index (χ3v) is 13.3. The largest absolute Gasteiger partial charge is 0.606 e. The van der Waals surface area contributed by atoms with Crippen molar-refractivity contribution in [2.24, 2.45) is 0 Å². The molecule has 0 aromatic heterocycles. The normalized spacial score (nSPS) is 11.5. The number of benzene rings is 6. The fraction of sp³-hybridized carbons (Fsp3) is 0.0256. The lowest BCUT2D eigenvalue weighted by atomic mass is 10.2. The summed E-state index contributed by atoms with van der Waals surface area (Å²) in [5.41, 5.74) is 1.50. The third-order valence-electron chi connectivity index (χ3n) is 7.47. The fourth-order valence-electron chi connectivity index (χ4n) is 5.20. The highest BCUT2D eigenvalue weighted by Gasteiger charge is 2.45. The molecule has 6 aromatic carbocycles. The lowest BCUT2D eigenvalue weighted by Gasteiger charge is -2.27. The quantitative estimate of drug-likeness (QED) is 0.152. The first-order chi connectivity index (χ1) is 22.4. The van der Waals surface area contributed by atoms with E-state index in [9.17, 15) is 19.2 Å². The van der Waals surface area contributed by atoms with Crippen LogP contribution >= 0.6 is 7.26 Å². The first-order valence-corrected chi connectivity index (χ1v) is 17.7. The fourth-order valence-corrected chi connectivity index (χ4v) is 10.5. The van der Waals surface area contributed by atoms with Crippen LogP contribution in [0, 0.1) is 0 Å². The van der Waals surface area contributed by atoms with Gasteiger partial charge in [0.05, 0.1) is 17.7 Å². The molecule has 0 radical (unpaired) electrons. The average molecular weight is 643 g/mol. The molecule has 6 aromatic rings. The van der Waals surface area contributed by atoms with Crippen molar-refractivity contribution in [3.63, 3.8) is 0 Å². The molecule has 0 bridgehead atoms. The van der Waals surface area contributed by atoms with E-state index in [2.05, 4.69) is 121 Å². The van der Waals surface area contributed by atoms with Gasteiger partial charge in [0, 0.05) is 11.2 Å². The molecule has 0 saturated heterocycles. The Morgan fingerprint density at radius 2 is 0.870 bits per heavy atom. The standard InChI is InChI=1S/C25H22P.C14H10O5S/c1-5-13-22(14-6-1)21-26(23-15-7-2-8-16-23,24-17-9-3-10-18-24)25-19-11-4-12-20-25;15-13(16)9-1-5-11(6-2-9)20(19)12-7-3-10(4-8-12)14(17)18/h1-20H,21H2;1-8H,(H,15,16)(H,17,18)/q+1;/p-1. The second-order valence-corrected chi connectivity index (χ2v) is 15.3. The van der Waals surface area contributed by atoms with Gasteiger partial charge in [-0.1, -0.05) is 84.9 Å². The predicted molar refractivity (Wildman–Crippen MR) is 184 cm³/mol. The molecular formula is C39H31O5PS. The van der Waals surface area contributed by atoms with E-state index in [1.807, 2.05) is 0 Å². The van der Waals surface area contributed by atoms with E-state index in [1.54, 1.807) is 0 Å². The van der Waals surface area contributed by atoms with Gasteiger partial charge in [-0.05, 0) is 96.1 Å². The molecular weight excluding hydrogens is 611 g/mol. The lowest BCUT2D eigenvalue weighted by molar-refractivity contribution is -0.255. The molecule has 0 heterocycles. The summed E-state index contributed by atoms with van der Waals surface area (Å²) in [6, 6.07) is 55.2. The number of carboxylic acids is 2. The van der Waals surface area contributed by atoms with Crippen molar-refractivity contribution < 1.29 is 24.4 Å². The molecule has 0 aliphatic rings. The van der Waals surface area contributed by atoms with Gasteiger partial charge in [-0.3, -0.25) is 0 Å². The minimum Gasteiger partial charge on any atom is -0.606 e. The molecule has 6 rings (SSSR count). The maximum Gasteiger partial charge on any atom is 0.335 e. The highest BCUT2D eigenvalue weighted by molar-refractivity contribution is 7.95. The van der Waals surface area contributed by atoms with E-state index in [-0.39, 0.29) is 11.1 Å². The predicted octanol–water partition coefficient (Wildman–Crippen LogP) is 6.10. The van der Waals surface area contributed by atoms with E-state index < -0.39 is 30.4 Å². The van der Waals surface area contributed by atoms with Crippen molar-refractivity contribution in [3.8, 4) is 0 Å². The van der Waals surface area contributed by atoms with Gasteiger partial charge in [0.1, 0.15) is 23.2 Å². The van der Waals surface area contributed by atoms with E-state index in [0.29, 0.717) is 9.79 Å². The topological polar surface area (TPSA) is 100 Å². The number of carbonyl (C=O) groups excluding carboxylic acids is 1. The third kappa shape index (κ3) is 7.61. The van der Waals surface area contributed by atoms with Gasteiger partial charge in [0.25, 0.3) is 0 Å². The molecule has 0 aliphatic carbocycles. The van der Waals surface area contributed by atoms with Gasteiger partial charge >= 0.3 is 5.97 Å². The summed E-state index contributed by atoms with van der Waals surface area (Å²) in [6.07, 6.45) is 1.03. The van der Waals surface area contributed by atoms with Crippen molar-refractivity contribution in [3.05, 3.63) is 187 Å². The van der Waals surface area contributed by atoms with Crippen molar-refractivity contribution >= 4 is 46.3 Å². The summed E-state index contributed by atoms with van der Waals surface area (Å²) in [5.74, 6) is -2.35. The monoisotopic (exact) mass is 642 g/mol. The van der Waals surface area contributed by atoms with Crippen LogP contribution in [0.4, 0.5) is 0 Å². The van der Waals surface area contributed by atoms with E-state index in [1.165, 1.54) is 70.0 Å². The van der Waals surface area contributed by atoms with Crippen molar-refractivity contribution in [2.45, 2.75) is 16.0 Å². The molecule has 1 N–H and O–H groups in total. The first-order valence-electron chi connectivity index (χ1n) is 14.5. The Bertz CT molecular complexity index is 1700. The van der Waals surface area contributed by atoms with Crippen LogP contribution in [0.2, 0.25) is 0 Å². The molecule has 1 atom stereocenters. The lowest BCUT2D eigenvalue weighted by Crippen LogP contribution is -2.32. The summed E-state index contributed by atoms with van der Waals surface area (Å²) in [5, 5.41) is 23.7. The second-order valence-electron chi connectivity index (χ2n) is 10.4. The molecule has 0 aliphatic heterocycles. The van der Waals surface area contributed by atoms with Gasteiger partial charge in [-0.2, -0.15) is 0 Å². The summed E-state index contributed by atoms with van der Waals surface area (Å²) in [7, 11) is -1.78. The van der Waals surface area contributed by atoms with Crippen LogP contribution in [-0.4, -0.2) is 21.6 Å². The Balaban J connectivity index is 0.000000188. The summed E-state index contributed by atoms with van der Waals surface area (Å²) in [6.45, 7) is 0. The van der Waals surface area contributed by atoms with E-state index in [0.717, 1.165) is 6.16 Å². The van der Waals surface area contributed by atoms with Crippen LogP contribution in [0.1, 0.15) is 26.3 Å². The maximum atomic E-state index is 12.2. The molecule has 0 spiro atoms. The van der Waals surface area contributed by atoms with Gasteiger partial charge in [-0.25, -0.2) is 4.79 Å². The molecule has 0 fully saturated rings. The smallest absolute Gasteiger partial charge is 0.335 e. The molecule has 1 unspecified atom stereocenters. The minimum atomic E-state index is -1.78. The number of rotatable bonds is 9. The van der Waals surface area contributed by atoms with Crippen LogP contribution in [0.5, 0.6) is 0 Å². The van der Waals surface area contributed by atoms with Crippen molar-refractivity contribution in [1.29, 1.82) is 0 Å². The molecule has 228 valence electrons. The first kappa shape index (κ1) is 32.4. The molecule has 0 saturated carbocycles. The van der Waals surface area contributed by atoms with Crippen LogP contribution in [-0.2, 0) is 17.3 Å². The minimum absolute atomic E-state index is 0.00646. The summed E-state index contributed by atoms with van der Waals surface area (Å²) in [4.78, 5) is 22.2. The van der Waals surface area contributed by atoms with Crippen LogP contribution in [0.3, 0.4) is 0 Å². The highest BCUT2D eigenvalue weighted by Crippen LogP contribution is 2.58. The van der Waals surface area contributed by atoms with Crippen LogP contribution in [0.25, 0.3) is 0 Å².